The molecule has 0 unspecified atom stereocenters. The Morgan fingerprint density at radius 2 is 2.00 bits per heavy atom. The maximum atomic E-state index is 13.0. The van der Waals surface area contributed by atoms with E-state index in [9.17, 15) is 9.18 Å². The van der Waals surface area contributed by atoms with Crippen LogP contribution in [0.1, 0.15) is 29.6 Å². The van der Waals surface area contributed by atoms with E-state index < -0.39 is 5.82 Å². The van der Waals surface area contributed by atoms with Gasteiger partial charge in [0, 0.05) is 18.7 Å². The Labute approximate surface area is 99.6 Å². The molecule has 1 saturated heterocycles. The number of piperidine rings is 1. The van der Waals surface area contributed by atoms with Crippen molar-refractivity contribution in [1.82, 2.24) is 10.4 Å². The molecule has 0 aromatic heterocycles. The van der Waals surface area contributed by atoms with Gasteiger partial charge in [0.05, 0.1) is 5.69 Å². The Hall–Kier alpha value is -1.62. The van der Waals surface area contributed by atoms with Crippen molar-refractivity contribution in [2.24, 2.45) is 0 Å². The van der Waals surface area contributed by atoms with Crippen LogP contribution in [0.2, 0.25) is 0 Å². The predicted molar refractivity (Wildman–Crippen MR) is 63.7 cm³/mol. The van der Waals surface area contributed by atoms with Crippen LogP contribution >= 0.6 is 0 Å². The zero-order chi connectivity index (χ0) is 12.3. The van der Waals surface area contributed by atoms with E-state index in [1.54, 1.807) is 0 Å². The number of hydrazine groups is 1. The average Bonchev–Trinajstić information content (AvgIpc) is 2.34. The molecule has 5 heteroatoms. The standard InChI is InChI=1S/C12H16FN3O/c13-10-5-4-9(8-11(10)14)12(17)15-16-6-2-1-3-7-16/h4-5,8H,1-3,6-7,14H2,(H,15,17). The molecule has 1 fully saturated rings. The molecule has 1 aliphatic heterocycles. The minimum absolute atomic E-state index is 0.00343. The Morgan fingerprint density at radius 3 is 2.65 bits per heavy atom. The number of rotatable bonds is 2. The number of carbonyl (C=O) groups is 1. The minimum Gasteiger partial charge on any atom is -0.396 e. The van der Waals surface area contributed by atoms with Crippen LogP contribution in [-0.2, 0) is 0 Å². The SMILES string of the molecule is Nc1cc(C(=O)NN2CCCCC2)ccc1F. The molecule has 1 aromatic rings. The molecule has 1 amide bonds. The topological polar surface area (TPSA) is 58.4 Å². The molecule has 0 saturated carbocycles. The number of hydrogen-bond donors (Lipinski definition) is 2. The monoisotopic (exact) mass is 237 g/mol. The van der Waals surface area contributed by atoms with Crippen molar-refractivity contribution in [3.8, 4) is 0 Å². The Balaban J connectivity index is 2.01. The molecule has 1 heterocycles. The molecule has 1 aromatic carbocycles. The summed E-state index contributed by atoms with van der Waals surface area (Å²) >= 11 is 0. The van der Waals surface area contributed by atoms with E-state index in [0.717, 1.165) is 25.9 Å². The lowest BCUT2D eigenvalue weighted by molar-refractivity contribution is 0.0750. The summed E-state index contributed by atoms with van der Waals surface area (Å²) in [5, 5.41) is 1.89. The van der Waals surface area contributed by atoms with E-state index in [0.29, 0.717) is 5.56 Å². The first kappa shape index (κ1) is 11.9. The molecule has 4 nitrogen and oxygen atoms in total. The number of halogens is 1. The van der Waals surface area contributed by atoms with Crippen molar-refractivity contribution in [2.45, 2.75) is 19.3 Å². The maximum absolute atomic E-state index is 13.0. The van der Waals surface area contributed by atoms with Crippen LogP contribution in [0.3, 0.4) is 0 Å². The highest BCUT2D eigenvalue weighted by Gasteiger charge is 2.14. The molecule has 1 aliphatic rings. The Bertz CT molecular complexity index is 416. The van der Waals surface area contributed by atoms with Gasteiger partial charge in [-0.1, -0.05) is 6.42 Å². The van der Waals surface area contributed by atoms with Gasteiger partial charge >= 0.3 is 0 Å². The van der Waals surface area contributed by atoms with Gasteiger partial charge in [-0.25, -0.2) is 9.40 Å². The van der Waals surface area contributed by atoms with E-state index in [-0.39, 0.29) is 11.6 Å². The van der Waals surface area contributed by atoms with Crippen molar-refractivity contribution >= 4 is 11.6 Å². The molecule has 2 rings (SSSR count). The van der Waals surface area contributed by atoms with Gasteiger partial charge in [0.15, 0.2) is 0 Å². The molecular weight excluding hydrogens is 221 g/mol. The number of carbonyl (C=O) groups excluding carboxylic acids is 1. The summed E-state index contributed by atoms with van der Waals surface area (Å²) in [7, 11) is 0. The minimum atomic E-state index is -0.500. The fraction of sp³-hybridized carbons (Fsp3) is 0.417. The number of anilines is 1. The number of nitrogen functional groups attached to an aromatic ring is 1. The highest BCUT2D eigenvalue weighted by Crippen LogP contribution is 2.13. The number of benzene rings is 1. The van der Waals surface area contributed by atoms with Crippen molar-refractivity contribution in [3.05, 3.63) is 29.6 Å². The molecule has 17 heavy (non-hydrogen) atoms. The highest BCUT2D eigenvalue weighted by molar-refractivity contribution is 5.94. The van der Waals surface area contributed by atoms with Gasteiger partial charge in [-0.2, -0.15) is 0 Å². The maximum Gasteiger partial charge on any atom is 0.265 e. The summed E-state index contributed by atoms with van der Waals surface area (Å²) in [6.45, 7) is 1.73. The number of nitrogens with one attached hydrogen (secondary N) is 1. The Kier molecular flexibility index (Phi) is 3.58. The van der Waals surface area contributed by atoms with Gasteiger partial charge in [-0.3, -0.25) is 10.2 Å². The van der Waals surface area contributed by atoms with Gasteiger partial charge in [0.25, 0.3) is 5.91 Å². The van der Waals surface area contributed by atoms with Gasteiger partial charge < -0.3 is 5.73 Å². The summed E-state index contributed by atoms with van der Waals surface area (Å²) < 4.78 is 13.0. The molecule has 0 atom stereocenters. The third kappa shape index (κ3) is 2.94. The summed E-state index contributed by atoms with van der Waals surface area (Å²) in [6.07, 6.45) is 3.38. The molecule has 3 N–H and O–H groups in total. The van der Waals surface area contributed by atoms with Crippen LogP contribution in [0.4, 0.5) is 10.1 Å². The van der Waals surface area contributed by atoms with E-state index in [1.807, 2.05) is 5.01 Å². The van der Waals surface area contributed by atoms with Gasteiger partial charge in [-0.15, -0.1) is 0 Å². The largest absolute Gasteiger partial charge is 0.396 e. The van der Waals surface area contributed by atoms with Crippen LogP contribution in [0.5, 0.6) is 0 Å². The summed E-state index contributed by atoms with van der Waals surface area (Å²) in [5.41, 5.74) is 8.60. The first-order valence-electron chi connectivity index (χ1n) is 5.78. The van der Waals surface area contributed by atoms with Gasteiger partial charge in [0.1, 0.15) is 5.82 Å². The van der Waals surface area contributed by atoms with E-state index in [4.69, 9.17) is 5.73 Å². The number of nitrogens with zero attached hydrogens (tertiary/aromatic N) is 1. The van der Waals surface area contributed by atoms with Crippen molar-refractivity contribution in [2.75, 3.05) is 18.8 Å². The fourth-order valence-electron chi connectivity index (χ4n) is 1.90. The molecule has 92 valence electrons. The third-order valence-corrected chi connectivity index (χ3v) is 2.87. The first-order chi connectivity index (χ1) is 8.16. The van der Waals surface area contributed by atoms with E-state index >= 15 is 0 Å². The summed E-state index contributed by atoms with van der Waals surface area (Å²) in [4.78, 5) is 11.8. The fourth-order valence-corrected chi connectivity index (χ4v) is 1.90. The van der Waals surface area contributed by atoms with Crippen molar-refractivity contribution in [3.63, 3.8) is 0 Å². The van der Waals surface area contributed by atoms with Gasteiger partial charge in [-0.05, 0) is 31.0 Å². The molecule has 0 aliphatic carbocycles. The van der Waals surface area contributed by atoms with Crippen LogP contribution in [0.15, 0.2) is 18.2 Å². The molecule has 0 radical (unpaired) electrons. The van der Waals surface area contributed by atoms with Crippen LogP contribution < -0.4 is 11.2 Å². The van der Waals surface area contributed by atoms with Gasteiger partial charge in [0.2, 0.25) is 0 Å². The number of amides is 1. The second kappa shape index (κ2) is 5.14. The number of nitrogens with two attached hydrogens (primary N) is 1. The van der Waals surface area contributed by atoms with Crippen LogP contribution in [-0.4, -0.2) is 24.0 Å². The van der Waals surface area contributed by atoms with E-state index in [2.05, 4.69) is 5.43 Å². The van der Waals surface area contributed by atoms with E-state index in [1.165, 1.54) is 24.6 Å². The lowest BCUT2D eigenvalue weighted by Crippen LogP contribution is -2.45. The summed E-state index contributed by atoms with van der Waals surface area (Å²) in [5.74, 6) is -0.738. The molecular formula is C12H16FN3O. The second-order valence-corrected chi connectivity index (χ2v) is 4.22. The predicted octanol–water partition coefficient (Wildman–Crippen LogP) is 1.54. The zero-order valence-corrected chi connectivity index (χ0v) is 9.58. The second-order valence-electron chi connectivity index (χ2n) is 4.22. The normalized spacial score (nSPS) is 16.8. The Morgan fingerprint density at radius 1 is 1.29 bits per heavy atom. The quantitative estimate of drug-likeness (QED) is 0.767. The lowest BCUT2D eigenvalue weighted by atomic mass is 10.1. The average molecular weight is 237 g/mol. The van der Waals surface area contributed by atoms with Crippen molar-refractivity contribution < 1.29 is 9.18 Å². The first-order valence-corrected chi connectivity index (χ1v) is 5.78. The summed E-state index contributed by atoms with van der Waals surface area (Å²) in [6, 6.07) is 4.00. The third-order valence-electron chi connectivity index (χ3n) is 2.87. The highest BCUT2D eigenvalue weighted by atomic mass is 19.1. The van der Waals surface area contributed by atoms with Crippen molar-refractivity contribution in [1.29, 1.82) is 0 Å². The molecule has 0 bridgehead atoms. The van der Waals surface area contributed by atoms with Crippen LogP contribution in [0.25, 0.3) is 0 Å². The zero-order valence-electron chi connectivity index (χ0n) is 9.58. The van der Waals surface area contributed by atoms with Crippen LogP contribution in [0, 0.1) is 5.82 Å². The lowest BCUT2D eigenvalue weighted by Gasteiger charge is -2.26. The molecule has 0 spiro atoms. The smallest absolute Gasteiger partial charge is 0.265 e. The number of hydrogen-bond acceptors (Lipinski definition) is 3.